The molecule has 0 radical (unpaired) electrons. The van der Waals surface area contributed by atoms with Crippen molar-refractivity contribution in [3.63, 3.8) is 0 Å². The van der Waals surface area contributed by atoms with E-state index < -0.39 is 0 Å². The molecule has 21 heavy (non-hydrogen) atoms. The third-order valence-corrected chi connectivity index (χ3v) is 4.32. The van der Waals surface area contributed by atoms with Crippen LogP contribution in [-0.2, 0) is 16.1 Å². The maximum Gasteiger partial charge on any atom is 0.324 e. The molecule has 10 heteroatoms. The van der Waals surface area contributed by atoms with Crippen LogP contribution in [0.25, 0.3) is 0 Å². The molecule has 2 saturated heterocycles. The van der Waals surface area contributed by atoms with Crippen molar-refractivity contribution in [2.45, 2.75) is 30.6 Å². The number of hydrogen-bond acceptors (Lipinski definition) is 7. The van der Waals surface area contributed by atoms with Crippen LogP contribution in [0.1, 0.15) is 12.8 Å². The SMILES string of the molecule is O=C(CSc1nnnn1CC1CCCO1)N1CCNC1=O. The van der Waals surface area contributed by atoms with Gasteiger partial charge in [-0.2, -0.15) is 0 Å². The molecule has 0 aliphatic carbocycles. The van der Waals surface area contributed by atoms with E-state index in [1.807, 2.05) is 0 Å². The number of thioether (sulfide) groups is 1. The number of nitrogens with zero attached hydrogens (tertiary/aromatic N) is 5. The Labute approximate surface area is 125 Å². The number of nitrogens with one attached hydrogen (secondary N) is 1. The summed E-state index contributed by atoms with van der Waals surface area (Å²) in [6.07, 6.45) is 2.18. The molecule has 1 aromatic rings. The van der Waals surface area contributed by atoms with Gasteiger partial charge in [0.15, 0.2) is 0 Å². The minimum absolute atomic E-state index is 0.132. The van der Waals surface area contributed by atoms with Crippen LogP contribution in [0.15, 0.2) is 5.16 Å². The minimum atomic E-state index is -0.334. The summed E-state index contributed by atoms with van der Waals surface area (Å²) in [5.41, 5.74) is 0. The summed E-state index contributed by atoms with van der Waals surface area (Å²) in [4.78, 5) is 24.6. The van der Waals surface area contributed by atoms with Crippen molar-refractivity contribution in [3.05, 3.63) is 0 Å². The van der Waals surface area contributed by atoms with Gasteiger partial charge in [0.1, 0.15) is 0 Å². The highest BCUT2D eigenvalue weighted by atomic mass is 32.2. The number of carbonyl (C=O) groups excluding carboxylic acids is 2. The Balaban J connectivity index is 1.54. The standard InChI is InChI=1S/C11H16N6O3S/c18-9(16-4-3-12-10(16)19)7-21-11-13-14-15-17(11)6-8-2-1-5-20-8/h8H,1-7H2,(H,12,19). The van der Waals surface area contributed by atoms with Gasteiger partial charge in [0.05, 0.1) is 18.4 Å². The first-order valence-electron chi connectivity index (χ1n) is 6.83. The average molecular weight is 312 g/mol. The maximum atomic E-state index is 11.9. The van der Waals surface area contributed by atoms with Crippen LogP contribution in [0.3, 0.4) is 0 Å². The molecule has 1 unspecified atom stereocenters. The lowest BCUT2D eigenvalue weighted by atomic mass is 10.2. The first-order chi connectivity index (χ1) is 10.2. The zero-order chi connectivity index (χ0) is 14.7. The molecule has 3 rings (SSSR count). The van der Waals surface area contributed by atoms with Gasteiger partial charge in [0, 0.05) is 19.7 Å². The van der Waals surface area contributed by atoms with Gasteiger partial charge in [-0.25, -0.2) is 9.48 Å². The second kappa shape index (κ2) is 6.39. The Morgan fingerprint density at radius 2 is 2.43 bits per heavy atom. The summed E-state index contributed by atoms with van der Waals surface area (Å²) >= 11 is 1.23. The quantitative estimate of drug-likeness (QED) is 0.731. The van der Waals surface area contributed by atoms with E-state index in [9.17, 15) is 9.59 Å². The van der Waals surface area contributed by atoms with Crippen molar-refractivity contribution in [1.82, 2.24) is 30.4 Å². The lowest BCUT2D eigenvalue weighted by molar-refractivity contribution is -0.124. The van der Waals surface area contributed by atoms with E-state index in [-0.39, 0.29) is 23.8 Å². The topological polar surface area (TPSA) is 102 Å². The first kappa shape index (κ1) is 14.3. The van der Waals surface area contributed by atoms with E-state index >= 15 is 0 Å². The summed E-state index contributed by atoms with van der Waals surface area (Å²) in [6.45, 7) is 2.29. The van der Waals surface area contributed by atoms with E-state index in [0.29, 0.717) is 24.8 Å². The Hall–Kier alpha value is -1.68. The molecule has 3 heterocycles. The molecule has 2 fully saturated rings. The Kier molecular flexibility index (Phi) is 4.34. The molecule has 2 aliphatic heterocycles. The Morgan fingerprint density at radius 3 is 3.14 bits per heavy atom. The smallest absolute Gasteiger partial charge is 0.324 e. The monoisotopic (exact) mass is 312 g/mol. The van der Waals surface area contributed by atoms with Crippen molar-refractivity contribution in [3.8, 4) is 0 Å². The summed E-state index contributed by atoms with van der Waals surface area (Å²) in [5.74, 6) is -0.0964. The number of imide groups is 1. The van der Waals surface area contributed by atoms with Gasteiger partial charge >= 0.3 is 6.03 Å². The molecule has 9 nitrogen and oxygen atoms in total. The normalized spacial score (nSPS) is 21.8. The Morgan fingerprint density at radius 1 is 1.52 bits per heavy atom. The molecule has 114 valence electrons. The molecular weight excluding hydrogens is 296 g/mol. The number of rotatable bonds is 5. The maximum absolute atomic E-state index is 11.9. The molecule has 2 aliphatic rings. The Bertz CT molecular complexity index is 530. The second-order valence-corrected chi connectivity index (χ2v) is 5.79. The fourth-order valence-electron chi connectivity index (χ4n) is 2.31. The van der Waals surface area contributed by atoms with Crippen LogP contribution in [0.2, 0.25) is 0 Å². The van der Waals surface area contributed by atoms with Gasteiger partial charge in [0.25, 0.3) is 0 Å². The zero-order valence-corrected chi connectivity index (χ0v) is 12.2. The van der Waals surface area contributed by atoms with Crippen molar-refractivity contribution >= 4 is 23.7 Å². The fourth-order valence-corrected chi connectivity index (χ4v) is 3.07. The zero-order valence-electron chi connectivity index (χ0n) is 11.4. The summed E-state index contributed by atoms with van der Waals surface area (Å²) in [6, 6.07) is -0.334. The van der Waals surface area contributed by atoms with Crippen molar-refractivity contribution in [1.29, 1.82) is 0 Å². The van der Waals surface area contributed by atoms with Crippen LogP contribution < -0.4 is 5.32 Å². The number of ether oxygens (including phenoxy) is 1. The van der Waals surface area contributed by atoms with Gasteiger partial charge in [-0.1, -0.05) is 11.8 Å². The highest BCUT2D eigenvalue weighted by Crippen LogP contribution is 2.19. The molecule has 1 atom stereocenters. The third kappa shape index (κ3) is 3.32. The third-order valence-electron chi connectivity index (χ3n) is 3.38. The summed E-state index contributed by atoms with van der Waals surface area (Å²) in [5, 5.41) is 14.6. The fraction of sp³-hybridized carbons (Fsp3) is 0.727. The molecule has 0 bridgehead atoms. The highest BCUT2D eigenvalue weighted by molar-refractivity contribution is 7.99. The van der Waals surface area contributed by atoms with Crippen LogP contribution in [0, 0.1) is 0 Å². The van der Waals surface area contributed by atoms with Crippen molar-refractivity contribution < 1.29 is 14.3 Å². The number of carbonyl (C=O) groups is 2. The van der Waals surface area contributed by atoms with Crippen LogP contribution in [0.4, 0.5) is 4.79 Å². The number of aromatic nitrogens is 4. The van der Waals surface area contributed by atoms with Gasteiger partial charge in [0.2, 0.25) is 11.1 Å². The minimum Gasteiger partial charge on any atom is -0.376 e. The van der Waals surface area contributed by atoms with Gasteiger partial charge in [-0.05, 0) is 23.3 Å². The van der Waals surface area contributed by atoms with Crippen molar-refractivity contribution in [2.24, 2.45) is 0 Å². The molecule has 0 spiro atoms. The van der Waals surface area contributed by atoms with E-state index in [2.05, 4.69) is 20.8 Å². The molecule has 1 aromatic heterocycles. The summed E-state index contributed by atoms with van der Waals surface area (Å²) in [7, 11) is 0. The second-order valence-electron chi connectivity index (χ2n) is 4.84. The number of amides is 3. The molecule has 3 amide bonds. The van der Waals surface area contributed by atoms with E-state index in [0.717, 1.165) is 19.4 Å². The predicted molar refractivity (Wildman–Crippen MR) is 72.6 cm³/mol. The highest BCUT2D eigenvalue weighted by Gasteiger charge is 2.26. The number of urea groups is 1. The lowest BCUT2D eigenvalue weighted by Crippen LogP contribution is -2.35. The average Bonchev–Trinajstić information content (AvgIpc) is 3.19. The number of hydrogen-bond donors (Lipinski definition) is 1. The van der Waals surface area contributed by atoms with Crippen LogP contribution in [0.5, 0.6) is 0 Å². The van der Waals surface area contributed by atoms with E-state index in [1.54, 1.807) is 4.68 Å². The van der Waals surface area contributed by atoms with Crippen molar-refractivity contribution in [2.75, 3.05) is 25.4 Å². The molecule has 0 saturated carbocycles. The predicted octanol–water partition coefficient (Wildman–Crippen LogP) is -0.504. The van der Waals surface area contributed by atoms with E-state index in [1.165, 1.54) is 16.7 Å². The van der Waals surface area contributed by atoms with Gasteiger partial charge in [-0.15, -0.1) is 5.10 Å². The van der Waals surface area contributed by atoms with E-state index in [4.69, 9.17) is 4.74 Å². The molecular formula is C11H16N6O3S. The van der Waals surface area contributed by atoms with Gasteiger partial charge < -0.3 is 10.1 Å². The van der Waals surface area contributed by atoms with Crippen LogP contribution in [-0.4, -0.2) is 68.6 Å². The molecule has 1 N–H and O–H groups in total. The van der Waals surface area contributed by atoms with Gasteiger partial charge in [-0.3, -0.25) is 9.69 Å². The largest absolute Gasteiger partial charge is 0.376 e. The van der Waals surface area contributed by atoms with Crippen LogP contribution >= 0.6 is 11.8 Å². The number of tetrazole rings is 1. The molecule has 0 aromatic carbocycles. The summed E-state index contributed by atoms with van der Waals surface area (Å²) < 4.78 is 7.20. The lowest BCUT2D eigenvalue weighted by Gasteiger charge is -2.12. The first-order valence-corrected chi connectivity index (χ1v) is 7.81.